The lowest BCUT2D eigenvalue weighted by Gasteiger charge is -2.07. The third kappa shape index (κ3) is 7.14. The van der Waals surface area contributed by atoms with E-state index in [0.29, 0.717) is 12.8 Å². The normalized spacial score (nSPS) is 11.8. The highest BCUT2D eigenvalue weighted by Gasteiger charge is 2.43. The first-order chi connectivity index (χ1) is 14.8. The van der Waals surface area contributed by atoms with Crippen molar-refractivity contribution in [1.29, 1.82) is 0 Å². The molecule has 32 heavy (non-hydrogen) atoms. The smallest absolute Gasteiger partial charge is 0.290 e. The Morgan fingerprint density at radius 2 is 0.750 bits per heavy atom. The third-order valence-corrected chi connectivity index (χ3v) is 4.50. The zero-order valence-corrected chi connectivity index (χ0v) is 16.3. The maximum Gasteiger partial charge on any atom is 0.458 e. The highest BCUT2D eigenvalue weighted by Crippen LogP contribution is 2.19. The predicted molar refractivity (Wildman–Crippen MR) is 99.8 cm³/mol. The van der Waals surface area contributed by atoms with E-state index in [1.165, 1.54) is 24.3 Å². The van der Waals surface area contributed by atoms with E-state index in [4.69, 9.17) is 0 Å². The van der Waals surface area contributed by atoms with Crippen molar-refractivity contribution in [2.75, 3.05) is 0 Å². The quantitative estimate of drug-likeness (QED) is 0.422. The van der Waals surface area contributed by atoms with Gasteiger partial charge < -0.3 is 0 Å². The molecule has 0 aliphatic carbocycles. The van der Waals surface area contributed by atoms with E-state index >= 15 is 0 Å². The number of benzene rings is 2. The monoisotopic (exact) mass is 458 g/mol. The SMILES string of the molecule is O=C(Cc1ccc(CCc2ccc(CC(=O)C(=O)C(F)(F)F)cc2)cc1)C(=O)C(F)(F)F. The topological polar surface area (TPSA) is 68.3 Å². The van der Waals surface area contributed by atoms with Gasteiger partial charge in [0.15, 0.2) is 0 Å². The van der Waals surface area contributed by atoms with Crippen molar-refractivity contribution < 1.29 is 45.5 Å². The van der Waals surface area contributed by atoms with Crippen molar-refractivity contribution >= 4 is 23.1 Å². The molecule has 2 aromatic carbocycles. The van der Waals surface area contributed by atoms with Gasteiger partial charge in [-0.25, -0.2) is 0 Å². The molecule has 0 saturated carbocycles. The highest BCUT2D eigenvalue weighted by atomic mass is 19.4. The van der Waals surface area contributed by atoms with Crippen LogP contribution in [-0.2, 0) is 44.9 Å². The van der Waals surface area contributed by atoms with Gasteiger partial charge in [-0.05, 0) is 35.1 Å². The van der Waals surface area contributed by atoms with Crippen molar-refractivity contribution in [3.8, 4) is 0 Å². The number of aryl methyl sites for hydroxylation is 2. The fraction of sp³-hybridized carbons (Fsp3) is 0.273. The van der Waals surface area contributed by atoms with Crippen molar-refractivity contribution in [3.05, 3.63) is 70.8 Å². The van der Waals surface area contributed by atoms with Gasteiger partial charge in [-0.15, -0.1) is 0 Å². The van der Waals surface area contributed by atoms with E-state index in [0.717, 1.165) is 11.1 Å². The van der Waals surface area contributed by atoms with Crippen LogP contribution in [0.5, 0.6) is 0 Å². The van der Waals surface area contributed by atoms with Crippen LogP contribution in [0.2, 0.25) is 0 Å². The summed E-state index contributed by atoms with van der Waals surface area (Å²) in [5.74, 6) is -7.87. The molecule has 10 heteroatoms. The summed E-state index contributed by atoms with van der Waals surface area (Å²) in [7, 11) is 0. The summed E-state index contributed by atoms with van der Waals surface area (Å²) < 4.78 is 73.5. The number of Topliss-reactive ketones (excluding diaryl/α,β-unsaturated/α-hetero) is 4. The molecule has 0 unspecified atom stereocenters. The number of hydrogen-bond acceptors (Lipinski definition) is 4. The number of halogens is 6. The van der Waals surface area contributed by atoms with E-state index < -0.39 is 48.3 Å². The van der Waals surface area contributed by atoms with Gasteiger partial charge in [-0.2, -0.15) is 26.3 Å². The second kappa shape index (κ2) is 9.88. The van der Waals surface area contributed by atoms with Crippen molar-refractivity contribution in [2.24, 2.45) is 0 Å². The average molecular weight is 458 g/mol. The molecule has 170 valence electrons. The Bertz CT molecular complexity index is 919. The minimum Gasteiger partial charge on any atom is -0.290 e. The van der Waals surface area contributed by atoms with Crippen molar-refractivity contribution in [2.45, 2.75) is 38.0 Å². The van der Waals surface area contributed by atoms with Crippen LogP contribution in [0.1, 0.15) is 22.3 Å². The van der Waals surface area contributed by atoms with Gasteiger partial charge in [0.2, 0.25) is 11.6 Å². The number of alkyl halides is 6. The molecule has 0 aromatic heterocycles. The fourth-order valence-corrected chi connectivity index (χ4v) is 2.78. The minimum absolute atomic E-state index is 0.263. The van der Waals surface area contributed by atoms with Gasteiger partial charge in [0, 0.05) is 12.8 Å². The molecular weight excluding hydrogens is 442 g/mol. The number of carbonyl (C=O) groups is 4. The lowest BCUT2D eigenvalue weighted by Crippen LogP contribution is -2.31. The molecule has 0 aliphatic rings. The maximum atomic E-state index is 12.3. The zero-order valence-electron chi connectivity index (χ0n) is 16.3. The Balaban J connectivity index is 1.89. The summed E-state index contributed by atoms with van der Waals surface area (Å²) in [6, 6.07) is 12.2. The van der Waals surface area contributed by atoms with Gasteiger partial charge in [0.25, 0.3) is 0 Å². The van der Waals surface area contributed by atoms with E-state index in [2.05, 4.69) is 0 Å². The summed E-state index contributed by atoms with van der Waals surface area (Å²) in [6.45, 7) is 0. The Hall–Kier alpha value is -3.30. The molecule has 0 radical (unpaired) electrons. The molecule has 2 rings (SSSR count). The number of rotatable bonds is 9. The van der Waals surface area contributed by atoms with Gasteiger partial charge in [-0.3, -0.25) is 19.2 Å². The van der Waals surface area contributed by atoms with E-state index in [1.54, 1.807) is 24.3 Å². The molecule has 0 amide bonds. The Morgan fingerprint density at radius 1 is 0.500 bits per heavy atom. The predicted octanol–water partition coefficient (Wildman–Crippen LogP) is 3.96. The van der Waals surface area contributed by atoms with Gasteiger partial charge >= 0.3 is 23.9 Å². The van der Waals surface area contributed by atoms with Gasteiger partial charge in [0.05, 0.1) is 0 Å². The standard InChI is InChI=1S/C22H16F6O4/c23-21(24,25)19(31)17(29)11-15-7-3-13(4-8-15)1-2-14-5-9-16(10-6-14)12-18(30)20(32)22(26,27)28/h3-10H,1-2,11-12H2. The highest BCUT2D eigenvalue weighted by molar-refractivity contribution is 6.40. The number of hydrogen-bond donors (Lipinski definition) is 0. The van der Waals surface area contributed by atoms with Crippen LogP contribution >= 0.6 is 0 Å². The number of carbonyl (C=O) groups excluding carboxylic acids is 4. The first-order valence-electron chi connectivity index (χ1n) is 9.21. The van der Waals surface area contributed by atoms with Crippen LogP contribution in [0, 0.1) is 0 Å². The van der Waals surface area contributed by atoms with E-state index in [9.17, 15) is 45.5 Å². The second-order valence-corrected chi connectivity index (χ2v) is 6.99. The van der Waals surface area contributed by atoms with Gasteiger partial charge in [0.1, 0.15) is 0 Å². The Kier molecular flexibility index (Phi) is 7.71. The summed E-state index contributed by atoms with van der Waals surface area (Å²) in [4.78, 5) is 44.5. The fourth-order valence-electron chi connectivity index (χ4n) is 2.78. The summed E-state index contributed by atoms with van der Waals surface area (Å²) in [5, 5.41) is 0. The van der Waals surface area contributed by atoms with Crippen LogP contribution in [0.25, 0.3) is 0 Å². The molecular formula is C22H16F6O4. The lowest BCUT2D eigenvalue weighted by atomic mass is 9.99. The molecule has 0 fully saturated rings. The van der Waals surface area contributed by atoms with Crippen LogP contribution < -0.4 is 0 Å². The van der Waals surface area contributed by atoms with E-state index in [1.807, 2.05) is 0 Å². The molecule has 0 N–H and O–H groups in total. The van der Waals surface area contributed by atoms with E-state index in [-0.39, 0.29) is 11.1 Å². The molecule has 2 aromatic rings. The molecule has 0 spiro atoms. The van der Waals surface area contributed by atoms with Crippen LogP contribution in [0.3, 0.4) is 0 Å². The first-order valence-corrected chi connectivity index (χ1v) is 9.21. The van der Waals surface area contributed by atoms with Crippen LogP contribution in [0.15, 0.2) is 48.5 Å². The molecule has 0 heterocycles. The number of ketones is 4. The average Bonchev–Trinajstić information content (AvgIpc) is 2.71. The first kappa shape index (κ1) is 25.0. The summed E-state index contributed by atoms with van der Waals surface area (Å²) in [6.07, 6.45) is -10.7. The van der Waals surface area contributed by atoms with Crippen molar-refractivity contribution in [1.82, 2.24) is 0 Å². The molecule has 0 saturated heterocycles. The van der Waals surface area contributed by atoms with Crippen LogP contribution in [-0.4, -0.2) is 35.5 Å². The zero-order chi connectivity index (χ0) is 24.1. The molecule has 0 aliphatic heterocycles. The van der Waals surface area contributed by atoms with Crippen molar-refractivity contribution in [3.63, 3.8) is 0 Å². The lowest BCUT2D eigenvalue weighted by molar-refractivity contribution is -0.174. The second-order valence-electron chi connectivity index (χ2n) is 6.99. The van der Waals surface area contributed by atoms with Crippen LogP contribution in [0.4, 0.5) is 26.3 Å². The minimum atomic E-state index is -5.20. The Labute approximate surface area is 178 Å². The molecule has 0 bridgehead atoms. The Morgan fingerprint density at radius 3 is 1.00 bits per heavy atom. The third-order valence-electron chi connectivity index (χ3n) is 4.50. The molecule has 4 nitrogen and oxygen atoms in total. The van der Waals surface area contributed by atoms with Gasteiger partial charge in [-0.1, -0.05) is 48.5 Å². The summed E-state index contributed by atoms with van der Waals surface area (Å²) in [5.41, 5.74) is 2.13. The molecule has 0 atom stereocenters. The summed E-state index contributed by atoms with van der Waals surface area (Å²) >= 11 is 0. The largest absolute Gasteiger partial charge is 0.458 e. The maximum absolute atomic E-state index is 12.3.